The number of hydrogen-bond donors (Lipinski definition) is 1. The molecule has 0 spiro atoms. The maximum atomic E-state index is 11.1. The normalized spacial score (nSPS) is 12.2. The molecule has 0 saturated carbocycles. The Hall–Kier alpha value is -0.400. The first kappa shape index (κ1) is 11.1. The number of halogens is 2. The zero-order valence-electron chi connectivity index (χ0n) is 7.07. The van der Waals surface area contributed by atoms with Gasteiger partial charge < -0.3 is 0 Å². The summed E-state index contributed by atoms with van der Waals surface area (Å²) in [5, 5.41) is 5.21. The van der Waals surface area contributed by atoms with Crippen LogP contribution < -0.4 is 5.14 Å². The number of hydrogen-bond acceptors (Lipinski definition) is 4. The van der Waals surface area contributed by atoms with Crippen molar-refractivity contribution >= 4 is 54.8 Å². The topological polar surface area (TPSA) is 73.1 Å². The summed E-state index contributed by atoms with van der Waals surface area (Å²) in [5.74, 6) is 0. The van der Waals surface area contributed by atoms with Crippen LogP contribution >= 0.6 is 34.5 Å². The van der Waals surface area contributed by atoms with Crippen LogP contribution in [0, 0.1) is 0 Å². The minimum atomic E-state index is -3.76. The van der Waals surface area contributed by atoms with E-state index in [2.05, 4.69) is 4.98 Å². The zero-order chi connectivity index (χ0) is 11.2. The number of sulfonamides is 1. The van der Waals surface area contributed by atoms with Gasteiger partial charge in [-0.05, 0) is 12.1 Å². The molecule has 2 rings (SSSR count). The molecule has 0 saturated heterocycles. The minimum absolute atomic E-state index is 0.0414. The van der Waals surface area contributed by atoms with Gasteiger partial charge >= 0.3 is 0 Å². The van der Waals surface area contributed by atoms with Crippen molar-refractivity contribution in [2.75, 3.05) is 0 Å². The first-order chi connectivity index (χ1) is 6.88. The van der Waals surface area contributed by atoms with E-state index in [0.717, 1.165) is 11.3 Å². The van der Waals surface area contributed by atoms with Gasteiger partial charge in [0.25, 0.3) is 0 Å². The molecule has 2 N–H and O–H groups in total. The third-order valence-electron chi connectivity index (χ3n) is 1.72. The number of benzene rings is 1. The van der Waals surface area contributed by atoms with Crippen LogP contribution in [-0.2, 0) is 10.0 Å². The Morgan fingerprint density at radius 2 is 2.00 bits per heavy atom. The van der Waals surface area contributed by atoms with Crippen molar-refractivity contribution in [3.63, 3.8) is 0 Å². The molecule has 0 radical (unpaired) electrons. The van der Waals surface area contributed by atoms with Crippen LogP contribution in [0.4, 0.5) is 0 Å². The van der Waals surface area contributed by atoms with E-state index in [1.165, 1.54) is 12.1 Å². The molecular formula is C7H4Cl2N2O2S2. The Morgan fingerprint density at radius 3 is 2.60 bits per heavy atom. The smallest absolute Gasteiger partial charge is 0.225 e. The van der Waals surface area contributed by atoms with E-state index in [-0.39, 0.29) is 9.92 Å². The molecule has 1 aromatic heterocycles. The highest BCUT2D eigenvalue weighted by Gasteiger charge is 2.14. The fourth-order valence-corrected chi connectivity index (χ4v) is 3.21. The van der Waals surface area contributed by atoms with Crippen LogP contribution in [0.2, 0.25) is 9.49 Å². The minimum Gasteiger partial charge on any atom is -0.225 e. The van der Waals surface area contributed by atoms with E-state index >= 15 is 0 Å². The molecule has 0 aliphatic rings. The molecule has 2 aromatic rings. The van der Waals surface area contributed by atoms with E-state index < -0.39 is 10.0 Å². The molecule has 0 aliphatic heterocycles. The van der Waals surface area contributed by atoms with Gasteiger partial charge in [0, 0.05) is 0 Å². The zero-order valence-corrected chi connectivity index (χ0v) is 10.2. The summed E-state index contributed by atoms with van der Waals surface area (Å²) in [6.07, 6.45) is 0. The summed E-state index contributed by atoms with van der Waals surface area (Å²) in [6, 6.07) is 2.66. The monoisotopic (exact) mass is 282 g/mol. The molecule has 0 atom stereocenters. The molecule has 1 heterocycles. The van der Waals surface area contributed by atoms with Crippen molar-refractivity contribution in [3.05, 3.63) is 21.6 Å². The summed E-state index contributed by atoms with van der Waals surface area (Å²) in [6.45, 7) is 0. The summed E-state index contributed by atoms with van der Waals surface area (Å²) >= 11 is 12.7. The van der Waals surface area contributed by atoms with Crippen molar-refractivity contribution in [2.45, 2.75) is 4.90 Å². The summed E-state index contributed by atoms with van der Waals surface area (Å²) < 4.78 is 23.1. The summed E-state index contributed by atoms with van der Waals surface area (Å²) in [4.78, 5) is 3.91. The molecule has 0 bridgehead atoms. The van der Waals surface area contributed by atoms with Crippen LogP contribution in [0.1, 0.15) is 0 Å². The third-order valence-corrected chi connectivity index (χ3v) is 4.01. The second-order valence-electron chi connectivity index (χ2n) is 2.76. The van der Waals surface area contributed by atoms with E-state index in [9.17, 15) is 8.42 Å². The van der Waals surface area contributed by atoms with E-state index in [1.807, 2.05) is 0 Å². The Labute approximate surface area is 99.7 Å². The Kier molecular flexibility index (Phi) is 2.64. The average molecular weight is 283 g/mol. The number of nitrogens with two attached hydrogens (primary N) is 1. The van der Waals surface area contributed by atoms with Crippen LogP contribution in [0.5, 0.6) is 0 Å². The second kappa shape index (κ2) is 3.57. The molecule has 0 unspecified atom stereocenters. The lowest BCUT2D eigenvalue weighted by Gasteiger charge is -1.98. The van der Waals surface area contributed by atoms with Crippen LogP contribution in [0.3, 0.4) is 0 Å². The number of rotatable bonds is 1. The summed E-state index contributed by atoms with van der Waals surface area (Å²) in [5.41, 5.74) is 0.485. The van der Waals surface area contributed by atoms with Crippen LogP contribution in [0.15, 0.2) is 17.0 Å². The molecular weight excluding hydrogens is 279 g/mol. The largest absolute Gasteiger partial charge is 0.238 e. The van der Waals surface area contributed by atoms with E-state index in [1.54, 1.807) is 0 Å². The maximum absolute atomic E-state index is 11.1. The van der Waals surface area contributed by atoms with E-state index in [4.69, 9.17) is 28.3 Å². The molecule has 0 amide bonds. The van der Waals surface area contributed by atoms with Gasteiger partial charge in [0.15, 0.2) is 4.47 Å². The van der Waals surface area contributed by atoms with Crippen molar-refractivity contribution < 1.29 is 8.42 Å². The molecule has 80 valence electrons. The fraction of sp³-hybridized carbons (Fsp3) is 0. The SMILES string of the molecule is NS(=O)(=O)c1cc(Cl)c2nc(Cl)sc2c1. The second-order valence-corrected chi connectivity index (χ2v) is 6.35. The quantitative estimate of drug-likeness (QED) is 0.872. The molecule has 0 aliphatic carbocycles. The molecule has 1 aromatic carbocycles. The summed E-state index contributed by atoms with van der Waals surface area (Å²) in [7, 11) is -3.76. The predicted octanol–water partition coefficient (Wildman–Crippen LogP) is 2.25. The first-order valence-corrected chi connectivity index (χ1v) is 6.78. The van der Waals surface area contributed by atoms with Gasteiger partial charge in [-0.1, -0.05) is 23.2 Å². The number of fused-ring (bicyclic) bond motifs is 1. The van der Waals surface area contributed by atoms with Gasteiger partial charge in [0.1, 0.15) is 5.52 Å². The number of thiazole rings is 1. The Balaban J connectivity index is 2.84. The van der Waals surface area contributed by atoms with Gasteiger partial charge in [-0.25, -0.2) is 18.5 Å². The molecule has 8 heteroatoms. The van der Waals surface area contributed by atoms with Gasteiger partial charge in [-0.2, -0.15) is 0 Å². The van der Waals surface area contributed by atoms with E-state index in [0.29, 0.717) is 14.7 Å². The van der Waals surface area contributed by atoms with Crippen molar-refractivity contribution in [2.24, 2.45) is 5.14 Å². The molecule has 4 nitrogen and oxygen atoms in total. The lowest BCUT2D eigenvalue weighted by atomic mass is 10.3. The lowest BCUT2D eigenvalue weighted by molar-refractivity contribution is 0.598. The van der Waals surface area contributed by atoms with Gasteiger partial charge in [0.2, 0.25) is 10.0 Å². The number of aromatic nitrogens is 1. The molecule has 15 heavy (non-hydrogen) atoms. The third kappa shape index (κ3) is 2.09. The van der Waals surface area contributed by atoms with Crippen molar-refractivity contribution in [1.82, 2.24) is 4.98 Å². The highest BCUT2D eigenvalue weighted by atomic mass is 35.5. The lowest BCUT2D eigenvalue weighted by Crippen LogP contribution is -2.11. The molecule has 0 fully saturated rings. The first-order valence-electron chi connectivity index (χ1n) is 3.66. The number of nitrogens with zero attached hydrogens (tertiary/aromatic N) is 1. The van der Waals surface area contributed by atoms with Crippen molar-refractivity contribution in [1.29, 1.82) is 0 Å². The predicted molar refractivity (Wildman–Crippen MR) is 61.0 cm³/mol. The Bertz CT molecular complexity index is 636. The van der Waals surface area contributed by atoms with Crippen LogP contribution in [-0.4, -0.2) is 13.4 Å². The van der Waals surface area contributed by atoms with Crippen LogP contribution in [0.25, 0.3) is 10.2 Å². The van der Waals surface area contributed by atoms with Gasteiger partial charge in [-0.3, -0.25) is 0 Å². The maximum Gasteiger partial charge on any atom is 0.238 e. The fourth-order valence-electron chi connectivity index (χ4n) is 1.10. The average Bonchev–Trinajstić information content (AvgIpc) is 2.44. The van der Waals surface area contributed by atoms with Gasteiger partial charge in [0.05, 0.1) is 14.6 Å². The highest BCUT2D eigenvalue weighted by Crippen LogP contribution is 2.32. The van der Waals surface area contributed by atoms with Gasteiger partial charge in [-0.15, -0.1) is 11.3 Å². The standard InChI is InChI=1S/C7H4Cl2N2O2S2/c8-4-1-3(15(10,12)13)2-5-6(4)11-7(9)14-5/h1-2H,(H2,10,12,13). The number of primary sulfonamides is 1. The Morgan fingerprint density at radius 1 is 1.33 bits per heavy atom. The highest BCUT2D eigenvalue weighted by molar-refractivity contribution is 7.89. The van der Waals surface area contributed by atoms with Crippen molar-refractivity contribution in [3.8, 4) is 0 Å².